The Morgan fingerprint density at radius 1 is 1.10 bits per heavy atom. The third kappa shape index (κ3) is 3.42. The van der Waals surface area contributed by atoms with Crippen LogP contribution < -0.4 is 9.64 Å². The molecule has 0 N–H and O–H groups in total. The second kappa shape index (κ2) is 7.73. The highest BCUT2D eigenvalue weighted by molar-refractivity contribution is 5.80. The van der Waals surface area contributed by atoms with E-state index >= 15 is 0 Å². The molecule has 0 amide bonds. The molecule has 2 aromatic heterocycles. The van der Waals surface area contributed by atoms with Gasteiger partial charge in [0.1, 0.15) is 5.75 Å². The van der Waals surface area contributed by atoms with Crippen molar-refractivity contribution >= 4 is 16.9 Å². The van der Waals surface area contributed by atoms with Crippen LogP contribution in [0.1, 0.15) is 35.8 Å². The average Bonchev–Trinajstić information content (AvgIpc) is 3.10. The fourth-order valence-electron chi connectivity index (χ4n) is 5.27. The van der Waals surface area contributed by atoms with Gasteiger partial charge in [-0.05, 0) is 37.1 Å². The summed E-state index contributed by atoms with van der Waals surface area (Å²) in [4.78, 5) is 19.5. The number of fused-ring (bicyclic) bond motifs is 5. The van der Waals surface area contributed by atoms with Gasteiger partial charge in [0, 0.05) is 55.3 Å². The number of morpholine rings is 1. The van der Waals surface area contributed by atoms with E-state index < -0.39 is 0 Å². The van der Waals surface area contributed by atoms with Gasteiger partial charge in [0.15, 0.2) is 0 Å². The molecule has 3 aromatic rings. The van der Waals surface area contributed by atoms with E-state index in [2.05, 4.69) is 28.1 Å². The summed E-state index contributed by atoms with van der Waals surface area (Å²) in [5.74, 6) is 1.73. The highest BCUT2D eigenvalue weighted by atomic mass is 16.5. The molecule has 0 radical (unpaired) electrons. The lowest BCUT2D eigenvalue weighted by atomic mass is 9.99. The molecule has 31 heavy (non-hydrogen) atoms. The number of methoxy groups -OCH3 is 1. The van der Waals surface area contributed by atoms with Gasteiger partial charge < -0.3 is 14.4 Å². The third-order valence-electron chi connectivity index (χ3n) is 6.91. The van der Waals surface area contributed by atoms with E-state index in [0.717, 1.165) is 67.6 Å². The first-order chi connectivity index (χ1) is 15.3. The van der Waals surface area contributed by atoms with E-state index in [9.17, 15) is 0 Å². The monoisotopic (exact) mass is 417 g/mol. The average molecular weight is 418 g/mol. The van der Waals surface area contributed by atoms with Gasteiger partial charge in [-0.1, -0.05) is 6.07 Å². The number of anilines is 1. The number of pyridine rings is 1. The SMILES string of the molecule is COc1ccc2nc(CN3C4CCC3c3cnc(N5CCOCC5)nc3C4)ccc2c1. The highest BCUT2D eigenvalue weighted by Gasteiger charge is 2.41. The summed E-state index contributed by atoms with van der Waals surface area (Å²) in [6.45, 7) is 4.12. The predicted octanol–water partition coefficient (Wildman–Crippen LogP) is 3.13. The number of ether oxygens (including phenoxy) is 2. The van der Waals surface area contributed by atoms with Crippen molar-refractivity contribution in [3.63, 3.8) is 0 Å². The topological polar surface area (TPSA) is 63.6 Å². The molecule has 2 fully saturated rings. The summed E-state index contributed by atoms with van der Waals surface area (Å²) in [6, 6.07) is 11.3. The molecular formula is C24H27N5O2. The molecule has 0 saturated carbocycles. The minimum Gasteiger partial charge on any atom is -0.497 e. The van der Waals surface area contributed by atoms with Gasteiger partial charge >= 0.3 is 0 Å². The van der Waals surface area contributed by atoms with Crippen molar-refractivity contribution in [2.75, 3.05) is 38.3 Å². The Bertz CT molecular complexity index is 1110. The van der Waals surface area contributed by atoms with Crippen LogP contribution in [0.15, 0.2) is 36.5 Å². The Morgan fingerprint density at radius 3 is 2.87 bits per heavy atom. The molecule has 7 heteroatoms. The van der Waals surface area contributed by atoms with E-state index in [0.29, 0.717) is 12.1 Å². The Kier molecular flexibility index (Phi) is 4.73. The van der Waals surface area contributed by atoms with Gasteiger partial charge in [-0.2, -0.15) is 0 Å². The molecule has 0 aliphatic carbocycles. The van der Waals surface area contributed by atoms with Gasteiger partial charge in [0.2, 0.25) is 5.95 Å². The quantitative estimate of drug-likeness (QED) is 0.646. The minimum absolute atomic E-state index is 0.390. The zero-order valence-electron chi connectivity index (χ0n) is 17.8. The van der Waals surface area contributed by atoms with Gasteiger partial charge in [0.05, 0.1) is 37.2 Å². The first kappa shape index (κ1) is 19.0. The van der Waals surface area contributed by atoms with E-state index in [-0.39, 0.29) is 0 Å². The van der Waals surface area contributed by atoms with Crippen molar-refractivity contribution in [2.24, 2.45) is 0 Å². The van der Waals surface area contributed by atoms with Crippen LogP contribution in [0, 0.1) is 0 Å². The first-order valence-electron chi connectivity index (χ1n) is 11.2. The van der Waals surface area contributed by atoms with Crippen LogP contribution in [0.4, 0.5) is 5.95 Å². The highest BCUT2D eigenvalue weighted by Crippen LogP contribution is 2.44. The fourth-order valence-corrected chi connectivity index (χ4v) is 5.27. The molecule has 7 nitrogen and oxygen atoms in total. The molecule has 5 heterocycles. The number of aromatic nitrogens is 3. The molecule has 3 aliphatic heterocycles. The molecule has 2 unspecified atom stereocenters. The molecule has 2 atom stereocenters. The van der Waals surface area contributed by atoms with Crippen molar-refractivity contribution < 1.29 is 9.47 Å². The Morgan fingerprint density at radius 2 is 2.00 bits per heavy atom. The Balaban J connectivity index is 1.25. The van der Waals surface area contributed by atoms with Crippen LogP contribution >= 0.6 is 0 Å². The zero-order valence-corrected chi connectivity index (χ0v) is 17.8. The lowest BCUT2D eigenvalue weighted by Gasteiger charge is -2.36. The van der Waals surface area contributed by atoms with Gasteiger partial charge in [0.25, 0.3) is 0 Å². The van der Waals surface area contributed by atoms with Gasteiger partial charge in [-0.3, -0.25) is 9.88 Å². The van der Waals surface area contributed by atoms with Crippen molar-refractivity contribution in [2.45, 2.75) is 37.9 Å². The van der Waals surface area contributed by atoms with Crippen LogP contribution in [-0.4, -0.2) is 59.3 Å². The summed E-state index contributed by atoms with van der Waals surface area (Å²) in [7, 11) is 1.69. The zero-order chi connectivity index (χ0) is 20.8. The maximum Gasteiger partial charge on any atom is 0.225 e. The minimum atomic E-state index is 0.390. The normalized spacial score (nSPS) is 23.2. The maximum atomic E-state index is 5.47. The van der Waals surface area contributed by atoms with Crippen LogP contribution in [-0.2, 0) is 17.7 Å². The second-order valence-corrected chi connectivity index (χ2v) is 8.66. The molecule has 6 rings (SSSR count). The molecule has 2 bridgehead atoms. The summed E-state index contributed by atoms with van der Waals surface area (Å²) in [5.41, 5.74) is 4.67. The van der Waals surface area contributed by atoms with Crippen molar-refractivity contribution in [3.05, 3.63) is 53.5 Å². The fraction of sp³-hybridized carbons (Fsp3) is 0.458. The van der Waals surface area contributed by atoms with Crippen LogP contribution in [0.3, 0.4) is 0 Å². The second-order valence-electron chi connectivity index (χ2n) is 8.66. The van der Waals surface area contributed by atoms with Crippen molar-refractivity contribution in [3.8, 4) is 5.75 Å². The van der Waals surface area contributed by atoms with Gasteiger partial charge in [-0.15, -0.1) is 0 Å². The maximum absolute atomic E-state index is 5.47. The number of benzene rings is 1. The van der Waals surface area contributed by atoms with Crippen LogP contribution in [0.2, 0.25) is 0 Å². The van der Waals surface area contributed by atoms with E-state index in [1.165, 1.54) is 24.1 Å². The molecule has 1 aromatic carbocycles. The van der Waals surface area contributed by atoms with E-state index in [1.54, 1.807) is 7.11 Å². The largest absolute Gasteiger partial charge is 0.497 e. The molecule has 160 valence electrons. The van der Waals surface area contributed by atoms with Crippen molar-refractivity contribution in [1.82, 2.24) is 19.9 Å². The predicted molar refractivity (Wildman–Crippen MR) is 118 cm³/mol. The lowest BCUT2D eigenvalue weighted by molar-refractivity contribution is 0.122. The summed E-state index contributed by atoms with van der Waals surface area (Å²) in [6.07, 6.45) is 5.45. The first-order valence-corrected chi connectivity index (χ1v) is 11.2. The van der Waals surface area contributed by atoms with Crippen molar-refractivity contribution in [1.29, 1.82) is 0 Å². The lowest BCUT2D eigenvalue weighted by Crippen LogP contribution is -2.40. The number of hydrogen-bond donors (Lipinski definition) is 0. The molecular weight excluding hydrogens is 390 g/mol. The summed E-state index contributed by atoms with van der Waals surface area (Å²) in [5, 5.41) is 1.11. The molecule has 3 aliphatic rings. The smallest absolute Gasteiger partial charge is 0.225 e. The Labute approximate surface area is 182 Å². The summed E-state index contributed by atoms with van der Waals surface area (Å²) >= 11 is 0. The third-order valence-corrected chi connectivity index (χ3v) is 6.91. The Hall–Kier alpha value is -2.77. The van der Waals surface area contributed by atoms with E-state index in [4.69, 9.17) is 24.4 Å². The standard InChI is InChI=1S/C24H27N5O2/c1-30-19-5-6-21-16(12-19)2-3-17(26-21)15-29-18-4-7-23(29)20-14-25-24(27-22(20)13-18)28-8-10-31-11-9-28/h2-3,5-6,12,14,18,23H,4,7-11,13,15H2,1H3. The summed E-state index contributed by atoms with van der Waals surface area (Å²) < 4.78 is 10.8. The van der Waals surface area contributed by atoms with Crippen LogP contribution in [0.5, 0.6) is 5.75 Å². The number of nitrogens with zero attached hydrogens (tertiary/aromatic N) is 5. The molecule has 0 spiro atoms. The van der Waals surface area contributed by atoms with Crippen LogP contribution in [0.25, 0.3) is 10.9 Å². The van der Waals surface area contributed by atoms with Gasteiger partial charge in [-0.25, -0.2) is 9.97 Å². The number of hydrogen-bond acceptors (Lipinski definition) is 7. The number of rotatable bonds is 4. The van der Waals surface area contributed by atoms with E-state index in [1.807, 2.05) is 18.2 Å². The molecule has 2 saturated heterocycles.